The van der Waals surface area contributed by atoms with E-state index in [-0.39, 0.29) is 11.8 Å². The van der Waals surface area contributed by atoms with Crippen LogP contribution in [0.5, 0.6) is 0 Å². The topological polar surface area (TPSA) is 58.2 Å². The van der Waals surface area contributed by atoms with E-state index < -0.39 is 0 Å². The van der Waals surface area contributed by atoms with Gasteiger partial charge >= 0.3 is 6.03 Å². The van der Waals surface area contributed by atoms with Crippen molar-refractivity contribution in [2.45, 2.75) is 40.2 Å². The van der Waals surface area contributed by atoms with Gasteiger partial charge in [-0.3, -0.25) is 4.79 Å². The molecular weight excluding hydrogens is 300 g/mol. The van der Waals surface area contributed by atoms with Crippen molar-refractivity contribution in [3.8, 4) is 0 Å². The lowest BCUT2D eigenvalue weighted by atomic mass is 10.0. The predicted molar refractivity (Wildman–Crippen MR) is 97.5 cm³/mol. The molecule has 0 aromatic heterocycles. The molecule has 2 rings (SSSR count). The van der Waals surface area contributed by atoms with Crippen LogP contribution in [-0.2, 0) is 19.4 Å². The van der Waals surface area contributed by atoms with Crippen molar-refractivity contribution in [1.29, 1.82) is 0 Å². The Morgan fingerprint density at radius 3 is 2.00 bits per heavy atom. The quantitative estimate of drug-likeness (QED) is 0.777. The molecule has 4 nitrogen and oxygen atoms in total. The van der Waals surface area contributed by atoms with Crippen LogP contribution in [0, 0.1) is 0 Å². The van der Waals surface area contributed by atoms with Gasteiger partial charge in [0, 0.05) is 17.8 Å². The number of amides is 2. The average molecular weight is 324 g/mol. The van der Waals surface area contributed by atoms with Crippen molar-refractivity contribution in [2.75, 3.05) is 5.32 Å². The molecule has 0 saturated heterocycles. The maximum atomic E-state index is 12.2. The zero-order valence-corrected chi connectivity index (χ0v) is 14.5. The van der Waals surface area contributed by atoms with Crippen molar-refractivity contribution in [3.63, 3.8) is 0 Å². The SMILES string of the molecule is CCc1cccc(CC)c1NC(=O)NCc1ccc(C(C)=O)cc1. The lowest BCUT2D eigenvalue weighted by molar-refractivity contribution is 0.101. The highest BCUT2D eigenvalue weighted by atomic mass is 16.2. The maximum Gasteiger partial charge on any atom is 0.319 e. The van der Waals surface area contributed by atoms with E-state index in [2.05, 4.69) is 24.5 Å². The van der Waals surface area contributed by atoms with E-state index in [4.69, 9.17) is 0 Å². The van der Waals surface area contributed by atoms with E-state index in [0.717, 1.165) is 35.2 Å². The molecule has 126 valence electrons. The molecule has 2 amide bonds. The largest absolute Gasteiger partial charge is 0.334 e. The molecule has 4 heteroatoms. The number of anilines is 1. The summed E-state index contributed by atoms with van der Waals surface area (Å²) in [6.07, 6.45) is 1.74. The summed E-state index contributed by atoms with van der Waals surface area (Å²) in [5.74, 6) is 0.0375. The van der Waals surface area contributed by atoms with Crippen LogP contribution < -0.4 is 10.6 Å². The molecule has 0 radical (unpaired) electrons. The van der Waals surface area contributed by atoms with Gasteiger partial charge in [0.1, 0.15) is 0 Å². The van der Waals surface area contributed by atoms with Crippen LogP contribution in [0.3, 0.4) is 0 Å². The molecule has 24 heavy (non-hydrogen) atoms. The Bertz CT molecular complexity index is 699. The van der Waals surface area contributed by atoms with Gasteiger partial charge in [0.05, 0.1) is 0 Å². The third kappa shape index (κ3) is 4.44. The fourth-order valence-corrected chi connectivity index (χ4v) is 2.60. The molecule has 0 heterocycles. The van der Waals surface area contributed by atoms with Gasteiger partial charge in [0.25, 0.3) is 0 Å². The third-order valence-electron chi connectivity index (χ3n) is 4.05. The number of hydrogen-bond donors (Lipinski definition) is 2. The molecule has 0 saturated carbocycles. The van der Waals surface area contributed by atoms with Crippen LogP contribution >= 0.6 is 0 Å². The lowest BCUT2D eigenvalue weighted by Gasteiger charge is -2.15. The zero-order valence-electron chi connectivity index (χ0n) is 14.5. The standard InChI is InChI=1S/C20H24N2O2/c1-4-16-7-6-8-17(5-2)19(16)22-20(24)21-13-15-9-11-18(12-10-15)14(3)23/h6-12H,4-5,13H2,1-3H3,(H2,21,22,24). The average Bonchev–Trinajstić information content (AvgIpc) is 2.60. The van der Waals surface area contributed by atoms with E-state index in [1.54, 1.807) is 12.1 Å². The fraction of sp³-hybridized carbons (Fsp3) is 0.300. The molecule has 2 aromatic carbocycles. The van der Waals surface area contributed by atoms with Crippen LogP contribution in [0.15, 0.2) is 42.5 Å². The van der Waals surface area contributed by atoms with Crippen LogP contribution in [0.4, 0.5) is 10.5 Å². The van der Waals surface area contributed by atoms with E-state index >= 15 is 0 Å². The number of carbonyl (C=O) groups is 2. The van der Waals surface area contributed by atoms with E-state index in [1.165, 1.54) is 6.92 Å². The first-order valence-electron chi connectivity index (χ1n) is 8.30. The summed E-state index contributed by atoms with van der Waals surface area (Å²) in [7, 11) is 0. The zero-order chi connectivity index (χ0) is 17.5. The molecular formula is C20H24N2O2. The number of para-hydroxylation sites is 1. The first kappa shape index (κ1) is 17.7. The number of benzene rings is 2. The Labute approximate surface area is 143 Å². The Balaban J connectivity index is 2.00. The number of Topliss-reactive ketones (excluding diaryl/α,β-unsaturated/α-hetero) is 1. The number of aryl methyl sites for hydroxylation is 2. The van der Waals surface area contributed by atoms with Gasteiger partial charge in [-0.25, -0.2) is 4.79 Å². The summed E-state index contributed by atoms with van der Waals surface area (Å²) in [5.41, 5.74) is 4.81. The summed E-state index contributed by atoms with van der Waals surface area (Å²) in [6.45, 7) is 6.11. The Morgan fingerprint density at radius 1 is 0.917 bits per heavy atom. The van der Waals surface area contributed by atoms with Gasteiger partial charge in [-0.05, 0) is 36.5 Å². The molecule has 2 N–H and O–H groups in total. The van der Waals surface area contributed by atoms with Crippen LogP contribution in [0.2, 0.25) is 0 Å². The molecule has 0 fully saturated rings. The summed E-state index contributed by atoms with van der Waals surface area (Å²) in [4.78, 5) is 23.5. The molecule has 0 aliphatic heterocycles. The lowest BCUT2D eigenvalue weighted by Crippen LogP contribution is -2.29. The van der Waals surface area contributed by atoms with Gasteiger partial charge in [-0.2, -0.15) is 0 Å². The molecule has 2 aromatic rings. The minimum absolute atomic E-state index is 0.0375. The van der Waals surface area contributed by atoms with Gasteiger partial charge < -0.3 is 10.6 Å². The Hall–Kier alpha value is -2.62. The maximum absolute atomic E-state index is 12.2. The highest BCUT2D eigenvalue weighted by Gasteiger charge is 2.09. The van der Waals surface area contributed by atoms with Crippen LogP contribution in [0.25, 0.3) is 0 Å². The second-order valence-corrected chi connectivity index (χ2v) is 5.72. The predicted octanol–water partition coefficient (Wildman–Crippen LogP) is 4.34. The molecule has 0 aliphatic rings. The number of ketones is 1. The molecule has 0 unspecified atom stereocenters. The van der Waals surface area contributed by atoms with E-state index in [0.29, 0.717) is 12.1 Å². The first-order chi connectivity index (χ1) is 11.5. The van der Waals surface area contributed by atoms with Crippen molar-refractivity contribution in [1.82, 2.24) is 5.32 Å². The van der Waals surface area contributed by atoms with Crippen LogP contribution in [-0.4, -0.2) is 11.8 Å². The van der Waals surface area contributed by atoms with Crippen molar-refractivity contribution < 1.29 is 9.59 Å². The smallest absolute Gasteiger partial charge is 0.319 e. The fourth-order valence-electron chi connectivity index (χ4n) is 2.60. The summed E-state index contributed by atoms with van der Waals surface area (Å²) < 4.78 is 0. The highest BCUT2D eigenvalue weighted by Crippen LogP contribution is 2.22. The first-order valence-corrected chi connectivity index (χ1v) is 8.30. The van der Waals surface area contributed by atoms with E-state index in [1.807, 2.05) is 30.3 Å². The second-order valence-electron chi connectivity index (χ2n) is 5.72. The number of hydrogen-bond acceptors (Lipinski definition) is 2. The summed E-state index contributed by atoms with van der Waals surface area (Å²) in [5, 5.41) is 5.84. The summed E-state index contributed by atoms with van der Waals surface area (Å²) in [6, 6.07) is 13.1. The Kier molecular flexibility index (Phi) is 6.13. The van der Waals surface area contributed by atoms with Gasteiger partial charge in [0.15, 0.2) is 5.78 Å². The third-order valence-corrected chi connectivity index (χ3v) is 4.05. The number of carbonyl (C=O) groups excluding carboxylic acids is 2. The number of urea groups is 1. The van der Waals surface area contributed by atoms with Gasteiger partial charge in [0.2, 0.25) is 0 Å². The van der Waals surface area contributed by atoms with Crippen molar-refractivity contribution in [3.05, 3.63) is 64.7 Å². The summed E-state index contributed by atoms with van der Waals surface area (Å²) >= 11 is 0. The minimum Gasteiger partial charge on any atom is -0.334 e. The van der Waals surface area contributed by atoms with Crippen molar-refractivity contribution in [2.24, 2.45) is 0 Å². The van der Waals surface area contributed by atoms with Gasteiger partial charge in [-0.1, -0.05) is 56.3 Å². The molecule has 0 bridgehead atoms. The van der Waals surface area contributed by atoms with E-state index in [9.17, 15) is 9.59 Å². The van der Waals surface area contributed by atoms with Crippen molar-refractivity contribution >= 4 is 17.5 Å². The van der Waals surface area contributed by atoms with Gasteiger partial charge in [-0.15, -0.1) is 0 Å². The minimum atomic E-state index is -0.221. The Morgan fingerprint density at radius 2 is 1.50 bits per heavy atom. The highest BCUT2D eigenvalue weighted by molar-refractivity contribution is 5.94. The van der Waals surface area contributed by atoms with Crippen LogP contribution in [0.1, 0.15) is 47.8 Å². The monoisotopic (exact) mass is 324 g/mol. The number of rotatable bonds is 6. The molecule has 0 spiro atoms. The molecule has 0 atom stereocenters. The normalized spacial score (nSPS) is 10.3. The molecule has 0 aliphatic carbocycles. The second kappa shape index (κ2) is 8.29. The number of nitrogens with one attached hydrogen (secondary N) is 2.